The van der Waals surface area contributed by atoms with Crippen LogP contribution in [0.15, 0.2) is 162 Å². The third kappa shape index (κ3) is 5.78. The molecule has 0 N–H and O–H groups in total. The summed E-state index contributed by atoms with van der Waals surface area (Å²) in [6.45, 7) is 0. The first-order valence-electron chi connectivity index (χ1n) is 13.0. The zero-order valence-electron chi connectivity index (χ0n) is 21.7. The largest absolute Gasteiger partial charge is 0.456 e. The van der Waals surface area contributed by atoms with E-state index in [2.05, 4.69) is 93.6 Å². The molecule has 0 saturated heterocycles. The van der Waals surface area contributed by atoms with Gasteiger partial charge in [0.15, 0.2) is 0 Å². The molecular formula is C36H26BrNO2. The van der Waals surface area contributed by atoms with Crippen LogP contribution in [0.2, 0.25) is 0 Å². The molecule has 6 aromatic rings. The monoisotopic (exact) mass is 583 g/mol. The van der Waals surface area contributed by atoms with E-state index < -0.39 is 0 Å². The van der Waals surface area contributed by atoms with E-state index >= 15 is 0 Å². The van der Waals surface area contributed by atoms with Crippen LogP contribution in [0.25, 0.3) is 11.1 Å². The first-order valence-corrected chi connectivity index (χ1v) is 13.8. The summed E-state index contributed by atoms with van der Waals surface area (Å²) in [5.41, 5.74) is 5.30. The van der Waals surface area contributed by atoms with Crippen molar-refractivity contribution >= 4 is 33.0 Å². The molecule has 0 spiro atoms. The van der Waals surface area contributed by atoms with Gasteiger partial charge in [-0.2, -0.15) is 0 Å². The molecule has 0 bridgehead atoms. The predicted molar refractivity (Wildman–Crippen MR) is 167 cm³/mol. The number of para-hydroxylation sites is 4. The first-order chi connectivity index (χ1) is 19.7. The molecule has 0 aliphatic carbocycles. The summed E-state index contributed by atoms with van der Waals surface area (Å²) in [6.07, 6.45) is 0. The average Bonchev–Trinajstić information content (AvgIpc) is 3.02. The number of halogens is 1. The summed E-state index contributed by atoms with van der Waals surface area (Å²) in [5, 5.41) is 0. The molecule has 0 aromatic heterocycles. The van der Waals surface area contributed by atoms with Crippen LogP contribution in [-0.2, 0) is 0 Å². The lowest BCUT2D eigenvalue weighted by molar-refractivity contribution is 0.455. The molecule has 0 heterocycles. The maximum absolute atomic E-state index is 6.29. The van der Waals surface area contributed by atoms with E-state index in [1.807, 2.05) is 84.9 Å². The Morgan fingerprint density at radius 1 is 0.400 bits per heavy atom. The number of hydrogen-bond acceptors (Lipinski definition) is 3. The van der Waals surface area contributed by atoms with Crippen molar-refractivity contribution in [3.05, 3.63) is 162 Å². The highest BCUT2D eigenvalue weighted by Crippen LogP contribution is 2.43. The smallest absolute Gasteiger partial charge is 0.146 e. The zero-order chi connectivity index (χ0) is 27.1. The number of hydrogen-bond donors (Lipinski definition) is 0. The predicted octanol–water partition coefficient (Wildman–Crippen LogP) is 11.2. The van der Waals surface area contributed by atoms with Gasteiger partial charge >= 0.3 is 0 Å². The van der Waals surface area contributed by atoms with Gasteiger partial charge in [0.25, 0.3) is 0 Å². The van der Waals surface area contributed by atoms with Crippen molar-refractivity contribution < 1.29 is 9.47 Å². The van der Waals surface area contributed by atoms with Crippen LogP contribution < -0.4 is 14.4 Å². The van der Waals surface area contributed by atoms with Crippen molar-refractivity contribution in [3.63, 3.8) is 0 Å². The molecule has 0 aliphatic rings. The van der Waals surface area contributed by atoms with Crippen LogP contribution in [0.5, 0.6) is 23.0 Å². The minimum Gasteiger partial charge on any atom is -0.456 e. The molecular weight excluding hydrogens is 558 g/mol. The SMILES string of the molecule is Brc1c(Oc2ccccc2)cc(-c2ccc(N(c3ccccc3)c3ccccc3)cc2)cc1Oc1ccccc1. The Bertz CT molecular complexity index is 1570. The normalized spacial score (nSPS) is 10.6. The Morgan fingerprint density at radius 2 is 0.775 bits per heavy atom. The Hall–Kier alpha value is -4.80. The van der Waals surface area contributed by atoms with E-state index in [9.17, 15) is 0 Å². The molecule has 194 valence electrons. The van der Waals surface area contributed by atoms with Gasteiger partial charge in [-0.1, -0.05) is 84.9 Å². The van der Waals surface area contributed by atoms with Gasteiger partial charge in [0.1, 0.15) is 27.5 Å². The molecule has 0 unspecified atom stereocenters. The van der Waals surface area contributed by atoms with Gasteiger partial charge in [0, 0.05) is 17.1 Å². The molecule has 0 amide bonds. The fourth-order valence-corrected chi connectivity index (χ4v) is 4.91. The summed E-state index contributed by atoms with van der Waals surface area (Å²) in [6, 6.07) is 52.9. The van der Waals surface area contributed by atoms with Crippen LogP contribution in [0.4, 0.5) is 17.1 Å². The Balaban J connectivity index is 1.39. The van der Waals surface area contributed by atoms with Gasteiger partial charge < -0.3 is 14.4 Å². The second-order valence-electron chi connectivity index (χ2n) is 9.17. The van der Waals surface area contributed by atoms with Crippen molar-refractivity contribution in [1.82, 2.24) is 0 Å². The molecule has 4 heteroatoms. The molecule has 0 aliphatic heterocycles. The van der Waals surface area contributed by atoms with Crippen molar-refractivity contribution in [2.45, 2.75) is 0 Å². The van der Waals surface area contributed by atoms with Gasteiger partial charge in [0.2, 0.25) is 0 Å². The molecule has 0 radical (unpaired) electrons. The molecule has 3 nitrogen and oxygen atoms in total. The van der Waals surface area contributed by atoms with Gasteiger partial charge in [-0.25, -0.2) is 0 Å². The van der Waals surface area contributed by atoms with Gasteiger partial charge in [0.05, 0.1) is 0 Å². The summed E-state index contributed by atoms with van der Waals surface area (Å²) in [7, 11) is 0. The second-order valence-corrected chi connectivity index (χ2v) is 9.96. The first kappa shape index (κ1) is 25.5. The number of rotatable bonds is 8. The fourth-order valence-electron chi connectivity index (χ4n) is 4.52. The maximum atomic E-state index is 6.29. The number of benzene rings is 6. The number of anilines is 3. The Morgan fingerprint density at radius 3 is 1.20 bits per heavy atom. The summed E-state index contributed by atoms with van der Waals surface area (Å²) < 4.78 is 13.3. The number of ether oxygens (including phenoxy) is 2. The van der Waals surface area contributed by atoms with Crippen LogP contribution in [-0.4, -0.2) is 0 Å². The molecule has 6 rings (SSSR count). The van der Waals surface area contributed by atoms with Gasteiger partial charge in [-0.15, -0.1) is 0 Å². The topological polar surface area (TPSA) is 21.7 Å². The van der Waals surface area contributed by atoms with Crippen LogP contribution >= 0.6 is 15.9 Å². The van der Waals surface area contributed by atoms with Crippen LogP contribution in [0.3, 0.4) is 0 Å². The highest BCUT2D eigenvalue weighted by Gasteiger charge is 2.16. The molecule has 6 aromatic carbocycles. The highest BCUT2D eigenvalue weighted by molar-refractivity contribution is 9.10. The lowest BCUT2D eigenvalue weighted by Crippen LogP contribution is -2.09. The Kier molecular flexibility index (Phi) is 7.60. The highest BCUT2D eigenvalue weighted by atomic mass is 79.9. The third-order valence-electron chi connectivity index (χ3n) is 6.44. The third-order valence-corrected chi connectivity index (χ3v) is 7.22. The van der Waals surface area contributed by atoms with Crippen molar-refractivity contribution in [2.75, 3.05) is 4.90 Å². The number of nitrogens with zero attached hydrogens (tertiary/aromatic N) is 1. The zero-order valence-corrected chi connectivity index (χ0v) is 23.2. The van der Waals surface area contributed by atoms with Crippen molar-refractivity contribution in [1.29, 1.82) is 0 Å². The van der Waals surface area contributed by atoms with E-state index in [0.717, 1.165) is 44.2 Å². The van der Waals surface area contributed by atoms with E-state index in [1.165, 1.54) is 0 Å². The molecule has 0 atom stereocenters. The van der Waals surface area contributed by atoms with Gasteiger partial charge in [-0.05, 0) is 99.9 Å². The fraction of sp³-hybridized carbons (Fsp3) is 0. The van der Waals surface area contributed by atoms with E-state index in [1.54, 1.807) is 0 Å². The maximum Gasteiger partial charge on any atom is 0.146 e. The standard InChI is InChI=1S/C36H26BrNO2/c37-36-34(39-32-17-9-3-10-18-32)25-28(26-35(36)40-33-19-11-4-12-20-33)27-21-23-31(24-22-27)38(29-13-5-1-6-14-29)30-15-7-2-8-16-30/h1-26H. The summed E-state index contributed by atoms with van der Waals surface area (Å²) in [4.78, 5) is 2.25. The summed E-state index contributed by atoms with van der Waals surface area (Å²) >= 11 is 3.73. The molecule has 0 saturated carbocycles. The molecule has 0 fully saturated rings. The van der Waals surface area contributed by atoms with E-state index in [0.29, 0.717) is 11.5 Å². The van der Waals surface area contributed by atoms with Gasteiger partial charge in [-0.3, -0.25) is 0 Å². The quantitative estimate of drug-likeness (QED) is 0.178. The van der Waals surface area contributed by atoms with E-state index in [4.69, 9.17) is 9.47 Å². The summed E-state index contributed by atoms with van der Waals surface area (Å²) in [5.74, 6) is 2.85. The van der Waals surface area contributed by atoms with Crippen LogP contribution in [0, 0.1) is 0 Å². The lowest BCUT2D eigenvalue weighted by Gasteiger charge is -2.25. The molecule has 40 heavy (non-hydrogen) atoms. The van der Waals surface area contributed by atoms with Crippen molar-refractivity contribution in [2.24, 2.45) is 0 Å². The van der Waals surface area contributed by atoms with Crippen molar-refractivity contribution in [3.8, 4) is 34.1 Å². The minimum atomic E-state index is 0.675. The Labute approximate surface area is 243 Å². The average molecular weight is 585 g/mol. The second kappa shape index (κ2) is 11.9. The lowest BCUT2D eigenvalue weighted by atomic mass is 10.0. The minimum absolute atomic E-state index is 0.675. The van der Waals surface area contributed by atoms with E-state index in [-0.39, 0.29) is 0 Å². The van der Waals surface area contributed by atoms with Crippen LogP contribution in [0.1, 0.15) is 0 Å².